The van der Waals surface area contributed by atoms with Crippen LogP contribution in [0.1, 0.15) is 101 Å². The van der Waals surface area contributed by atoms with Gasteiger partial charge >= 0.3 is 5.97 Å². The maximum absolute atomic E-state index is 13.7. The number of aromatic hydroxyl groups is 2. The molecule has 14 nitrogen and oxygen atoms in total. The van der Waals surface area contributed by atoms with Crippen LogP contribution in [0.25, 0.3) is 0 Å². The van der Waals surface area contributed by atoms with Crippen molar-refractivity contribution < 1.29 is 68.7 Å². The Hall–Kier alpha value is -3.47. The lowest BCUT2D eigenvalue weighted by Gasteiger charge is -2.46. The topological polar surface area (TPSA) is 219 Å². The maximum atomic E-state index is 13.7. The van der Waals surface area contributed by atoms with Gasteiger partial charge in [0.15, 0.2) is 18.4 Å². The Morgan fingerprint density at radius 1 is 0.938 bits per heavy atom. The first-order valence-corrected chi connectivity index (χ1v) is 16.0. The van der Waals surface area contributed by atoms with Gasteiger partial charge in [-0.25, -0.2) is 0 Å². The van der Waals surface area contributed by atoms with E-state index in [-0.39, 0.29) is 59.1 Å². The summed E-state index contributed by atoms with van der Waals surface area (Å²) in [5.41, 5.74) is -2.74. The van der Waals surface area contributed by atoms with E-state index in [2.05, 4.69) is 0 Å². The molecule has 260 valence electrons. The van der Waals surface area contributed by atoms with Crippen LogP contribution >= 0.6 is 0 Å². The highest BCUT2D eigenvalue weighted by molar-refractivity contribution is 6.30. The Kier molecular flexibility index (Phi) is 9.15. The Bertz CT molecular complexity index is 1600. The molecule has 0 saturated carbocycles. The van der Waals surface area contributed by atoms with Gasteiger partial charge < -0.3 is 54.3 Å². The highest BCUT2D eigenvalue weighted by atomic mass is 16.7. The van der Waals surface area contributed by atoms with E-state index in [1.54, 1.807) is 20.8 Å². The number of carbonyl (C=O) groups excluding carboxylic acids is 3. The van der Waals surface area contributed by atoms with E-state index in [0.717, 1.165) is 7.11 Å². The molecule has 0 spiro atoms. The summed E-state index contributed by atoms with van der Waals surface area (Å²) in [6.07, 6.45) is -9.35. The molecule has 6 N–H and O–H groups in total. The van der Waals surface area contributed by atoms with E-state index in [1.807, 2.05) is 0 Å². The quantitative estimate of drug-likeness (QED) is 0.204. The second-order valence-electron chi connectivity index (χ2n) is 13.0. The number of carbonyl (C=O) groups is 3. The second kappa shape index (κ2) is 12.8. The summed E-state index contributed by atoms with van der Waals surface area (Å²) in [4.78, 5) is 40.6. The van der Waals surface area contributed by atoms with Crippen LogP contribution in [-0.4, -0.2) is 110 Å². The Labute approximate surface area is 275 Å². The highest BCUT2D eigenvalue weighted by Gasteiger charge is 2.53. The monoisotopic (exact) mass is 672 g/mol. The molecule has 11 atom stereocenters. The summed E-state index contributed by atoms with van der Waals surface area (Å²) in [7, 11) is 1.14. The molecule has 2 saturated heterocycles. The molecule has 2 fully saturated rings. The molecule has 6 rings (SSSR count). The van der Waals surface area contributed by atoms with Gasteiger partial charge in [-0.05, 0) is 38.0 Å². The van der Waals surface area contributed by atoms with E-state index in [0.29, 0.717) is 0 Å². The molecule has 4 aliphatic rings. The van der Waals surface area contributed by atoms with Crippen LogP contribution in [0.15, 0.2) is 24.3 Å². The first-order chi connectivity index (χ1) is 22.7. The minimum Gasteiger partial charge on any atom is -0.507 e. The second-order valence-corrected chi connectivity index (χ2v) is 13.0. The van der Waals surface area contributed by atoms with E-state index >= 15 is 0 Å². The standard InChI is InChI=1S/C34H40O14/c1-5-34(43)12-21(47-22-11-20(37)32(14(3)46-22)48-23-10-19(36)28(38)13(2)45-23)25-16(27(34)33(42)44-4)9-17-26(31(25)41)30(40)24-15(29(17)39)7-6-8-18(24)35/h6-9,13-14,19-23,27-28,32,35-38,41,43H,5,10-12H2,1-4H3/t13-,14-,19-,20-,21-,22-,23-,27-,28+,32+,34+/m0/s1. The number of hydrogen-bond donors (Lipinski definition) is 6. The van der Waals surface area contributed by atoms with Crippen molar-refractivity contribution in [2.24, 2.45) is 0 Å². The lowest BCUT2D eigenvalue weighted by atomic mass is 9.67. The van der Waals surface area contributed by atoms with Crippen LogP contribution in [0, 0.1) is 0 Å². The van der Waals surface area contributed by atoms with E-state index in [9.17, 15) is 45.0 Å². The van der Waals surface area contributed by atoms with Gasteiger partial charge in [-0.1, -0.05) is 19.1 Å². The molecule has 48 heavy (non-hydrogen) atoms. The lowest BCUT2D eigenvalue weighted by molar-refractivity contribution is -0.318. The average molecular weight is 673 g/mol. The van der Waals surface area contributed by atoms with Gasteiger partial charge in [-0.3, -0.25) is 14.4 Å². The summed E-state index contributed by atoms with van der Waals surface area (Å²) < 4.78 is 29.0. The molecule has 0 unspecified atom stereocenters. The number of aliphatic hydroxyl groups is 4. The lowest BCUT2D eigenvalue weighted by Crippen LogP contribution is -2.54. The smallest absolute Gasteiger partial charge is 0.316 e. The van der Waals surface area contributed by atoms with Gasteiger partial charge in [0, 0.05) is 36.0 Å². The summed E-state index contributed by atoms with van der Waals surface area (Å²) >= 11 is 0. The van der Waals surface area contributed by atoms with Crippen molar-refractivity contribution in [3.8, 4) is 11.5 Å². The van der Waals surface area contributed by atoms with Crippen molar-refractivity contribution >= 4 is 17.5 Å². The number of ether oxygens (including phenoxy) is 5. The first-order valence-electron chi connectivity index (χ1n) is 16.0. The number of ketones is 2. The zero-order valence-electron chi connectivity index (χ0n) is 26.9. The number of aliphatic hydroxyl groups excluding tert-OH is 3. The van der Waals surface area contributed by atoms with Crippen LogP contribution in [0.4, 0.5) is 0 Å². The molecular weight excluding hydrogens is 632 g/mol. The maximum Gasteiger partial charge on any atom is 0.316 e. The van der Waals surface area contributed by atoms with E-state index in [1.165, 1.54) is 24.3 Å². The van der Waals surface area contributed by atoms with Crippen LogP contribution < -0.4 is 0 Å². The molecule has 14 heteroatoms. The summed E-state index contributed by atoms with van der Waals surface area (Å²) in [6, 6.07) is 5.32. The van der Waals surface area contributed by atoms with Crippen molar-refractivity contribution in [1.29, 1.82) is 0 Å². The van der Waals surface area contributed by atoms with Crippen LogP contribution in [0.5, 0.6) is 11.5 Å². The molecule has 2 aliphatic heterocycles. The highest BCUT2D eigenvalue weighted by Crippen LogP contribution is 2.54. The van der Waals surface area contributed by atoms with Crippen LogP contribution in [0.2, 0.25) is 0 Å². The zero-order valence-corrected chi connectivity index (χ0v) is 26.9. The number of phenols is 2. The number of hydrogen-bond acceptors (Lipinski definition) is 14. The normalized spacial score (nSPS) is 36.2. The largest absolute Gasteiger partial charge is 0.507 e. The van der Waals surface area contributed by atoms with Gasteiger partial charge in [0.1, 0.15) is 29.6 Å². The van der Waals surface area contributed by atoms with Crippen molar-refractivity contribution in [1.82, 2.24) is 0 Å². The fourth-order valence-electron chi connectivity index (χ4n) is 7.46. The third-order valence-electron chi connectivity index (χ3n) is 10.1. The number of methoxy groups -OCH3 is 1. The summed E-state index contributed by atoms with van der Waals surface area (Å²) in [5.74, 6) is -4.77. The fraction of sp³-hybridized carbons (Fsp3) is 0.559. The minimum atomic E-state index is -1.78. The predicted molar refractivity (Wildman–Crippen MR) is 162 cm³/mol. The molecule has 0 aromatic heterocycles. The average Bonchev–Trinajstić information content (AvgIpc) is 3.03. The third kappa shape index (κ3) is 5.59. The van der Waals surface area contributed by atoms with Crippen molar-refractivity contribution in [2.75, 3.05) is 7.11 Å². The van der Waals surface area contributed by atoms with E-state index in [4.69, 9.17) is 23.7 Å². The number of phenolic OH excluding ortho intramolecular Hbond substituents is 2. The van der Waals surface area contributed by atoms with Crippen LogP contribution in [0.3, 0.4) is 0 Å². The molecule has 0 amide bonds. The van der Waals surface area contributed by atoms with Gasteiger partial charge in [0.25, 0.3) is 0 Å². The van der Waals surface area contributed by atoms with Crippen molar-refractivity contribution in [2.45, 2.75) is 113 Å². The fourth-order valence-corrected chi connectivity index (χ4v) is 7.46. The third-order valence-corrected chi connectivity index (χ3v) is 10.1. The first kappa shape index (κ1) is 34.4. The minimum absolute atomic E-state index is 0.0235. The number of rotatable bonds is 6. The van der Waals surface area contributed by atoms with Crippen LogP contribution in [-0.2, 0) is 28.5 Å². The molecule has 0 bridgehead atoms. The Morgan fingerprint density at radius 2 is 1.60 bits per heavy atom. The molecular formula is C34H40O14. The Morgan fingerprint density at radius 3 is 2.25 bits per heavy atom. The number of benzene rings is 2. The molecule has 2 aromatic carbocycles. The molecule has 2 aliphatic carbocycles. The molecule has 0 radical (unpaired) electrons. The van der Waals surface area contributed by atoms with Crippen molar-refractivity contribution in [3.63, 3.8) is 0 Å². The number of fused-ring (bicyclic) bond motifs is 3. The summed E-state index contributed by atoms with van der Waals surface area (Å²) in [5, 5.41) is 65.4. The predicted octanol–water partition coefficient (Wildman–Crippen LogP) is 1.47. The van der Waals surface area contributed by atoms with Gasteiger partial charge in [0.2, 0.25) is 5.78 Å². The zero-order chi connectivity index (χ0) is 34.8. The van der Waals surface area contributed by atoms with Gasteiger partial charge in [-0.2, -0.15) is 0 Å². The van der Waals surface area contributed by atoms with Crippen molar-refractivity contribution in [3.05, 3.63) is 57.6 Å². The molecule has 2 aromatic rings. The summed E-state index contributed by atoms with van der Waals surface area (Å²) in [6.45, 7) is 4.87. The number of esters is 1. The SMILES string of the molecule is CC[C@@]1(O)C[C@H](O[C@H]2C[C@H](O)[C@H](O[C@H]3C[C@H](O)[C@H](O)[C@H](C)O3)[C@H](C)O2)c2c(cc3c(c2O)C(=O)c2c(O)cccc2C3=O)[C@H]1C(=O)OC. The molecule has 2 heterocycles. The van der Waals surface area contributed by atoms with E-state index < -0.39 is 95.9 Å². The Balaban J connectivity index is 1.35. The van der Waals surface area contributed by atoms with Gasteiger partial charge in [0.05, 0.1) is 54.4 Å². The van der Waals surface area contributed by atoms with Gasteiger partial charge in [-0.15, -0.1) is 0 Å².